The minimum absolute atomic E-state index is 0.0312. The Labute approximate surface area is 137 Å². The van der Waals surface area contributed by atoms with Crippen LogP contribution >= 0.6 is 0 Å². The van der Waals surface area contributed by atoms with Crippen molar-refractivity contribution in [3.8, 4) is 11.4 Å². The Morgan fingerprint density at radius 2 is 1.83 bits per heavy atom. The number of nitrogens with zero attached hydrogens (tertiary/aromatic N) is 2. The normalized spacial score (nSPS) is 13.1. The van der Waals surface area contributed by atoms with Crippen LogP contribution in [-0.4, -0.2) is 22.1 Å². The highest BCUT2D eigenvalue weighted by Gasteiger charge is 2.38. The Hall–Kier alpha value is -2.38. The lowest BCUT2D eigenvalue weighted by atomic mass is 10.0. The van der Waals surface area contributed by atoms with Crippen molar-refractivity contribution < 1.29 is 22.5 Å². The lowest BCUT2D eigenvalue weighted by molar-refractivity contribution is -0.159. The monoisotopic (exact) mass is 341 g/mol. The maximum atomic E-state index is 12.4. The first-order chi connectivity index (χ1) is 11.2. The van der Waals surface area contributed by atoms with Crippen molar-refractivity contribution in [1.82, 2.24) is 15.5 Å². The number of carbonyl (C=O) groups excluding carboxylic acids is 1. The first-order valence-electron chi connectivity index (χ1n) is 7.49. The van der Waals surface area contributed by atoms with E-state index < -0.39 is 12.1 Å². The molecule has 2 rings (SSSR count). The zero-order chi connectivity index (χ0) is 17.9. The lowest BCUT2D eigenvalue weighted by Gasteiger charge is -2.15. The van der Waals surface area contributed by atoms with Crippen molar-refractivity contribution in [1.29, 1.82) is 0 Å². The van der Waals surface area contributed by atoms with Crippen LogP contribution in [0.5, 0.6) is 0 Å². The van der Waals surface area contributed by atoms with Crippen molar-refractivity contribution in [2.24, 2.45) is 5.92 Å². The highest BCUT2D eigenvalue weighted by atomic mass is 19.4. The summed E-state index contributed by atoms with van der Waals surface area (Å²) in [6.45, 7) is 6.05. The minimum Gasteiger partial charge on any atom is -0.350 e. The number of halogens is 3. The molecule has 1 atom stereocenters. The highest BCUT2D eigenvalue weighted by Crippen LogP contribution is 2.29. The molecule has 130 valence electrons. The summed E-state index contributed by atoms with van der Waals surface area (Å²) in [5, 5.41) is 6.18. The predicted octanol–water partition coefficient (Wildman–Crippen LogP) is 3.92. The molecule has 0 radical (unpaired) electrons. The average molecular weight is 341 g/mol. The van der Waals surface area contributed by atoms with Gasteiger partial charge in [0.1, 0.15) is 0 Å². The van der Waals surface area contributed by atoms with E-state index >= 15 is 0 Å². The van der Waals surface area contributed by atoms with Crippen molar-refractivity contribution in [3.05, 3.63) is 35.7 Å². The fraction of sp³-hybridized carbons (Fsp3) is 0.438. The Morgan fingerprint density at radius 3 is 2.33 bits per heavy atom. The van der Waals surface area contributed by atoms with Crippen LogP contribution in [0.1, 0.15) is 43.4 Å². The van der Waals surface area contributed by atoms with Gasteiger partial charge in [0.2, 0.25) is 5.82 Å². The number of alkyl halides is 3. The van der Waals surface area contributed by atoms with Crippen LogP contribution in [0.15, 0.2) is 28.8 Å². The van der Waals surface area contributed by atoms with E-state index in [0.29, 0.717) is 17.0 Å². The van der Waals surface area contributed by atoms with E-state index in [1.165, 1.54) is 24.3 Å². The molecule has 1 aromatic heterocycles. The molecule has 1 unspecified atom stereocenters. The molecule has 0 saturated carbocycles. The zero-order valence-electron chi connectivity index (χ0n) is 13.5. The number of nitrogens with one attached hydrogen (secondary N) is 1. The molecule has 0 aliphatic carbocycles. The maximum absolute atomic E-state index is 12.4. The summed E-state index contributed by atoms with van der Waals surface area (Å²) in [7, 11) is 0. The van der Waals surface area contributed by atoms with Gasteiger partial charge in [-0.1, -0.05) is 31.1 Å². The largest absolute Gasteiger partial charge is 0.471 e. The van der Waals surface area contributed by atoms with Gasteiger partial charge in [0, 0.05) is 17.2 Å². The molecule has 0 spiro atoms. The van der Waals surface area contributed by atoms with Crippen LogP contribution in [0, 0.1) is 5.92 Å². The Bertz CT molecular complexity index is 693. The lowest BCUT2D eigenvalue weighted by Crippen LogP contribution is -2.33. The van der Waals surface area contributed by atoms with E-state index in [4.69, 9.17) is 0 Å². The van der Waals surface area contributed by atoms with E-state index in [1.54, 1.807) is 0 Å². The van der Waals surface area contributed by atoms with E-state index in [-0.39, 0.29) is 17.8 Å². The number of amides is 1. The molecule has 1 heterocycles. The number of rotatable bonds is 5. The summed E-state index contributed by atoms with van der Waals surface area (Å²) in [6.07, 6.45) is -3.83. The van der Waals surface area contributed by atoms with Crippen LogP contribution in [0.3, 0.4) is 0 Å². The summed E-state index contributed by atoms with van der Waals surface area (Å²) >= 11 is 0. The number of carbonyl (C=O) groups is 1. The van der Waals surface area contributed by atoms with E-state index in [0.717, 1.165) is 6.42 Å². The van der Waals surface area contributed by atoms with Gasteiger partial charge >= 0.3 is 12.1 Å². The van der Waals surface area contributed by atoms with Crippen molar-refractivity contribution in [2.45, 2.75) is 39.4 Å². The summed E-state index contributed by atoms with van der Waals surface area (Å²) in [5.74, 6) is -1.35. The van der Waals surface area contributed by atoms with Crippen molar-refractivity contribution >= 4 is 5.91 Å². The molecule has 0 aliphatic heterocycles. The van der Waals surface area contributed by atoms with Gasteiger partial charge in [-0.3, -0.25) is 4.79 Å². The summed E-state index contributed by atoms with van der Waals surface area (Å²) in [6, 6.07) is 6.01. The van der Waals surface area contributed by atoms with Gasteiger partial charge in [-0.05, 0) is 31.4 Å². The van der Waals surface area contributed by atoms with Crippen LogP contribution in [0.25, 0.3) is 11.4 Å². The fourth-order valence-corrected chi connectivity index (χ4v) is 2.30. The van der Waals surface area contributed by atoms with Gasteiger partial charge in [-0.25, -0.2) is 0 Å². The molecule has 24 heavy (non-hydrogen) atoms. The predicted molar refractivity (Wildman–Crippen MR) is 81.1 cm³/mol. The third-order valence-corrected chi connectivity index (χ3v) is 3.28. The van der Waals surface area contributed by atoms with Crippen molar-refractivity contribution in [2.75, 3.05) is 0 Å². The molecule has 1 amide bonds. The van der Waals surface area contributed by atoms with Crippen LogP contribution < -0.4 is 5.32 Å². The van der Waals surface area contributed by atoms with Crippen LogP contribution in [0.4, 0.5) is 13.2 Å². The van der Waals surface area contributed by atoms with Crippen LogP contribution in [0.2, 0.25) is 0 Å². The average Bonchev–Trinajstić information content (AvgIpc) is 2.96. The first kappa shape index (κ1) is 18.0. The second-order valence-electron chi connectivity index (χ2n) is 6.00. The van der Waals surface area contributed by atoms with E-state index in [9.17, 15) is 18.0 Å². The molecule has 2 aromatic rings. The zero-order valence-corrected chi connectivity index (χ0v) is 13.5. The smallest absolute Gasteiger partial charge is 0.350 e. The molecule has 0 saturated heterocycles. The topological polar surface area (TPSA) is 68.0 Å². The molecular formula is C16H18F3N3O2. The van der Waals surface area contributed by atoms with Gasteiger partial charge < -0.3 is 9.84 Å². The van der Waals surface area contributed by atoms with E-state index in [1.807, 2.05) is 6.92 Å². The van der Waals surface area contributed by atoms with Gasteiger partial charge in [0.05, 0.1) is 0 Å². The SMILES string of the molecule is CC(C)CC(C)NC(=O)c1ccc(-c2noc(C(F)(F)F)n2)cc1. The number of hydrogen-bond donors (Lipinski definition) is 1. The third kappa shape index (κ3) is 4.56. The molecule has 5 nitrogen and oxygen atoms in total. The Kier molecular flexibility index (Phi) is 5.26. The molecule has 0 bridgehead atoms. The van der Waals surface area contributed by atoms with E-state index in [2.05, 4.69) is 33.8 Å². The molecule has 0 aliphatic rings. The number of benzene rings is 1. The Morgan fingerprint density at radius 1 is 1.21 bits per heavy atom. The first-order valence-corrected chi connectivity index (χ1v) is 7.49. The number of aromatic nitrogens is 2. The van der Waals surface area contributed by atoms with Gasteiger partial charge in [0.15, 0.2) is 0 Å². The fourth-order valence-electron chi connectivity index (χ4n) is 2.30. The Balaban J connectivity index is 2.07. The van der Waals surface area contributed by atoms with Gasteiger partial charge in [-0.2, -0.15) is 18.2 Å². The molecular weight excluding hydrogens is 323 g/mol. The van der Waals surface area contributed by atoms with Gasteiger partial charge in [0.25, 0.3) is 5.91 Å². The van der Waals surface area contributed by atoms with Crippen molar-refractivity contribution in [3.63, 3.8) is 0 Å². The molecule has 1 N–H and O–H groups in total. The quantitative estimate of drug-likeness (QED) is 0.895. The highest BCUT2D eigenvalue weighted by molar-refractivity contribution is 5.94. The third-order valence-electron chi connectivity index (χ3n) is 3.28. The van der Waals surface area contributed by atoms with Crippen LogP contribution in [-0.2, 0) is 6.18 Å². The summed E-state index contributed by atoms with van der Waals surface area (Å²) < 4.78 is 41.5. The second kappa shape index (κ2) is 7.02. The minimum atomic E-state index is -4.68. The standard InChI is InChI=1S/C16H18F3N3O2/c1-9(2)8-10(3)20-14(23)12-6-4-11(5-7-12)13-21-15(24-22-13)16(17,18)19/h4-7,9-10H,8H2,1-3H3,(H,20,23). The summed E-state index contributed by atoms with van der Waals surface area (Å²) in [4.78, 5) is 15.4. The van der Waals surface area contributed by atoms with Gasteiger partial charge in [-0.15, -0.1) is 0 Å². The molecule has 0 fully saturated rings. The summed E-state index contributed by atoms with van der Waals surface area (Å²) in [5.41, 5.74) is 0.745. The maximum Gasteiger partial charge on any atom is 0.471 e. The molecule has 8 heteroatoms. The molecule has 1 aromatic carbocycles. The number of hydrogen-bond acceptors (Lipinski definition) is 4. The second-order valence-corrected chi connectivity index (χ2v) is 6.00.